The van der Waals surface area contributed by atoms with Gasteiger partial charge in [-0.05, 0) is 44.5 Å². The van der Waals surface area contributed by atoms with Crippen LogP contribution < -0.4 is 4.74 Å². The lowest BCUT2D eigenvalue weighted by atomic mass is 10.1. The second-order valence-electron chi connectivity index (χ2n) is 5.81. The predicted octanol–water partition coefficient (Wildman–Crippen LogP) is 5.71. The first kappa shape index (κ1) is 19.3. The van der Waals surface area contributed by atoms with Crippen LogP contribution in [0.1, 0.15) is 26.3 Å². The molecule has 1 aromatic rings. The van der Waals surface area contributed by atoms with Crippen LogP contribution in [0.2, 0.25) is 0 Å². The summed E-state index contributed by atoms with van der Waals surface area (Å²) in [5.41, 5.74) is -0.469. The van der Waals surface area contributed by atoms with Gasteiger partial charge in [0, 0.05) is 0 Å². The van der Waals surface area contributed by atoms with E-state index in [0.29, 0.717) is 11.8 Å². The number of hydrogen-bond acceptors (Lipinski definition) is 1. The maximum atomic E-state index is 13.1. The molecule has 0 saturated heterocycles. The van der Waals surface area contributed by atoms with Gasteiger partial charge in [0.1, 0.15) is 11.4 Å². The molecule has 0 aromatic heterocycles. The Bertz CT molecular complexity index is 551. The van der Waals surface area contributed by atoms with Crippen molar-refractivity contribution in [2.24, 2.45) is 0 Å². The lowest BCUT2D eigenvalue weighted by Gasteiger charge is -2.25. The van der Waals surface area contributed by atoms with Gasteiger partial charge in [0.25, 0.3) is 0 Å². The fourth-order valence-corrected chi connectivity index (χ4v) is 1.50. The van der Waals surface area contributed by atoms with Crippen molar-refractivity contribution in [1.29, 1.82) is 0 Å². The van der Waals surface area contributed by atoms with Crippen LogP contribution in [0.15, 0.2) is 30.3 Å². The smallest absolute Gasteiger partial charge is 0.460 e. The van der Waals surface area contributed by atoms with Gasteiger partial charge in [-0.3, -0.25) is 0 Å². The second-order valence-corrected chi connectivity index (χ2v) is 5.81. The van der Waals surface area contributed by atoms with Crippen molar-refractivity contribution < 1.29 is 35.5 Å². The highest BCUT2D eigenvalue weighted by molar-refractivity contribution is 5.52. The highest BCUT2D eigenvalue weighted by Crippen LogP contribution is 2.47. The van der Waals surface area contributed by atoms with Gasteiger partial charge in [-0.2, -0.15) is 30.7 Å². The maximum absolute atomic E-state index is 13.1. The molecule has 0 fully saturated rings. The molecular formula is C15H15F7O. The molecule has 0 aliphatic carbocycles. The lowest BCUT2D eigenvalue weighted by Crippen LogP contribution is -2.50. The first-order chi connectivity index (χ1) is 10.2. The predicted molar refractivity (Wildman–Crippen MR) is 71.8 cm³/mol. The summed E-state index contributed by atoms with van der Waals surface area (Å²) in [6.07, 6.45) is -6.30. The molecule has 0 amide bonds. The average Bonchev–Trinajstić information content (AvgIpc) is 2.34. The van der Waals surface area contributed by atoms with Gasteiger partial charge in [-0.1, -0.05) is 18.2 Å². The van der Waals surface area contributed by atoms with Gasteiger partial charge in [-0.15, -0.1) is 0 Å². The fraction of sp³-hybridized carbons (Fsp3) is 0.467. The van der Waals surface area contributed by atoms with Crippen LogP contribution in [-0.4, -0.2) is 23.6 Å². The lowest BCUT2D eigenvalue weighted by molar-refractivity contribution is -0.341. The van der Waals surface area contributed by atoms with Gasteiger partial charge in [0.15, 0.2) is 0 Å². The summed E-state index contributed by atoms with van der Waals surface area (Å²) < 4.78 is 93.1. The topological polar surface area (TPSA) is 9.23 Å². The maximum Gasteiger partial charge on any atom is 0.460 e. The number of hydrogen-bond donors (Lipinski definition) is 0. The molecule has 23 heavy (non-hydrogen) atoms. The fourth-order valence-electron chi connectivity index (χ4n) is 1.50. The van der Waals surface area contributed by atoms with E-state index >= 15 is 0 Å². The first-order valence-corrected chi connectivity index (χ1v) is 6.46. The van der Waals surface area contributed by atoms with Crippen molar-refractivity contribution in [3.63, 3.8) is 0 Å². The van der Waals surface area contributed by atoms with Crippen LogP contribution in [0.4, 0.5) is 30.7 Å². The van der Waals surface area contributed by atoms with Crippen LogP contribution >= 0.6 is 0 Å². The van der Waals surface area contributed by atoms with E-state index in [4.69, 9.17) is 4.74 Å². The molecule has 0 atom stereocenters. The minimum Gasteiger partial charge on any atom is -0.488 e. The molecule has 0 aliphatic heterocycles. The van der Waals surface area contributed by atoms with Crippen molar-refractivity contribution in [2.45, 2.75) is 44.4 Å². The Labute approximate surface area is 128 Å². The van der Waals surface area contributed by atoms with Crippen molar-refractivity contribution in [2.75, 3.05) is 0 Å². The normalized spacial score (nSPS) is 14.3. The molecule has 130 valence electrons. The Balaban J connectivity index is 2.93. The molecule has 1 rings (SSSR count). The summed E-state index contributed by atoms with van der Waals surface area (Å²) in [5.74, 6) is -11.1. The molecular weight excluding hydrogens is 329 g/mol. The molecule has 0 spiro atoms. The zero-order valence-electron chi connectivity index (χ0n) is 12.5. The SMILES string of the molecule is CC(C)(C)Oc1ccc(/C=C/C(F)(F)C(F)(F)C(F)(F)F)cc1. The van der Waals surface area contributed by atoms with Crippen molar-refractivity contribution in [3.8, 4) is 5.75 Å². The summed E-state index contributed by atoms with van der Waals surface area (Å²) in [6, 6.07) is 5.31. The van der Waals surface area contributed by atoms with E-state index in [1.807, 2.05) is 0 Å². The summed E-state index contributed by atoms with van der Waals surface area (Å²) >= 11 is 0. The van der Waals surface area contributed by atoms with Gasteiger partial charge in [-0.25, -0.2) is 0 Å². The van der Waals surface area contributed by atoms with Gasteiger partial charge in [0.2, 0.25) is 0 Å². The molecule has 8 heteroatoms. The number of benzene rings is 1. The van der Waals surface area contributed by atoms with Crippen molar-refractivity contribution >= 4 is 6.08 Å². The molecule has 0 aliphatic rings. The van der Waals surface area contributed by atoms with Crippen molar-refractivity contribution in [1.82, 2.24) is 0 Å². The molecule has 0 bridgehead atoms. The number of allylic oxidation sites excluding steroid dienone is 1. The largest absolute Gasteiger partial charge is 0.488 e. The number of halogens is 7. The van der Waals surface area contributed by atoms with Crippen LogP contribution in [0, 0.1) is 0 Å². The third kappa shape index (κ3) is 4.87. The van der Waals surface area contributed by atoms with Crippen molar-refractivity contribution in [3.05, 3.63) is 35.9 Å². The zero-order valence-corrected chi connectivity index (χ0v) is 12.5. The molecule has 0 N–H and O–H groups in total. The van der Waals surface area contributed by atoms with E-state index in [9.17, 15) is 30.7 Å². The Morgan fingerprint density at radius 3 is 1.70 bits per heavy atom. The second kappa shape index (κ2) is 6.05. The van der Waals surface area contributed by atoms with E-state index in [2.05, 4.69) is 0 Å². The van der Waals surface area contributed by atoms with Crippen LogP contribution in [0.3, 0.4) is 0 Å². The minimum atomic E-state index is -6.34. The number of alkyl halides is 7. The minimum absolute atomic E-state index is 0.0314. The summed E-state index contributed by atoms with van der Waals surface area (Å²) in [7, 11) is 0. The summed E-state index contributed by atoms with van der Waals surface area (Å²) in [6.45, 7) is 5.34. The monoisotopic (exact) mass is 344 g/mol. The Morgan fingerprint density at radius 2 is 1.30 bits per heavy atom. The van der Waals surface area contributed by atoms with E-state index in [1.165, 1.54) is 24.3 Å². The van der Waals surface area contributed by atoms with Gasteiger partial charge < -0.3 is 4.74 Å². The highest BCUT2D eigenvalue weighted by Gasteiger charge is 2.71. The molecule has 1 nitrogen and oxygen atoms in total. The van der Waals surface area contributed by atoms with Gasteiger partial charge >= 0.3 is 18.0 Å². The zero-order chi connectivity index (χ0) is 18.1. The van der Waals surface area contributed by atoms with Crippen LogP contribution in [0.25, 0.3) is 6.08 Å². The third-order valence-corrected chi connectivity index (χ3v) is 2.56. The summed E-state index contributed by atoms with van der Waals surface area (Å²) in [4.78, 5) is 0. The molecule has 0 radical (unpaired) electrons. The van der Waals surface area contributed by atoms with Crippen LogP contribution in [0.5, 0.6) is 5.75 Å². The van der Waals surface area contributed by atoms with E-state index in [1.54, 1.807) is 20.8 Å². The Morgan fingerprint density at radius 1 is 0.826 bits per heavy atom. The molecule has 1 aromatic carbocycles. The highest BCUT2D eigenvalue weighted by atomic mass is 19.4. The van der Waals surface area contributed by atoms with Crippen LogP contribution in [-0.2, 0) is 0 Å². The summed E-state index contributed by atoms with van der Waals surface area (Å²) in [5, 5.41) is 0. The Kier molecular flexibility index (Phi) is 5.08. The molecule has 0 saturated carbocycles. The standard InChI is InChI=1S/C15H15F7O/c1-12(2,3)23-11-6-4-10(5-7-11)8-9-13(16,17)14(18,19)15(20,21)22/h4-9H,1-3H3/b9-8+. The quantitative estimate of drug-likeness (QED) is 0.636. The third-order valence-electron chi connectivity index (χ3n) is 2.56. The van der Waals surface area contributed by atoms with E-state index in [-0.39, 0.29) is 5.56 Å². The van der Waals surface area contributed by atoms with Gasteiger partial charge in [0.05, 0.1) is 0 Å². The average molecular weight is 344 g/mol. The Hall–Kier alpha value is -1.73. The number of ether oxygens (including phenoxy) is 1. The molecule has 0 heterocycles. The number of rotatable bonds is 4. The van der Waals surface area contributed by atoms with E-state index < -0.39 is 29.7 Å². The van der Waals surface area contributed by atoms with E-state index in [0.717, 1.165) is 0 Å². The molecule has 0 unspecified atom stereocenters. The first-order valence-electron chi connectivity index (χ1n) is 6.46.